The number of aryl methyl sites for hydroxylation is 1. The zero-order valence-electron chi connectivity index (χ0n) is 10.2. The summed E-state index contributed by atoms with van der Waals surface area (Å²) in [5, 5.41) is 2.82. The van der Waals surface area contributed by atoms with Crippen LogP contribution in [0.2, 0.25) is 0 Å². The van der Waals surface area contributed by atoms with Crippen molar-refractivity contribution >= 4 is 22.4 Å². The third-order valence-corrected chi connectivity index (χ3v) is 3.80. The monoisotopic (exact) mass is 259 g/mol. The molecule has 2 aromatic heterocycles. The van der Waals surface area contributed by atoms with E-state index in [4.69, 9.17) is 10.2 Å². The third-order valence-electron chi connectivity index (χ3n) is 2.75. The van der Waals surface area contributed by atoms with Gasteiger partial charge in [0.2, 0.25) is 5.89 Å². The number of nitrogens with zero attached hydrogens (tertiary/aromatic N) is 2. The molecule has 0 aliphatic rings. The lowest BCUT2D eigenvalue weighted by Crippen LogP contribution is -2.03. The lowest BCUT2D eigenvalue weighted by molar-refractivity contribution is 0.616. The summed E-state index contributed by atoms with van der Waals surface area (Å²) in [6, 6.07) is 5.83. The Morgan fingerprint density at radius 1 is 1.33 bits per heavy atom. The molecule has 0 bridgehead atoms. The highest BCUT2D eigenvalue weighted by molar-refractivity contribution is 7.10. The molecular weight excluding hydrogens is 246 g/mol. The van der Waals surface area contributed by atoms with Crippen LogP contribution in [0.1, 0.15) is 23.5 Å². The zero-order chi connectivity index (χ0) is 12.7. The Kier molecular flexibility index (Phi) is 2.65. The molecule has 0 radical (unpaired) electrons. The molecule has 2 N–H and O–H groups in total. The largest absolute Gasteiger partial charge is 0.435 e. The van der Waals surface area contributed by atoms with Gasteiger partial charge >= 0.3 is 0 Å². The van der Waals surface area contributed by atoms with Gasteiger partial charge in [-0.15, -0.1) is 11.3 Å². The molecule has 0 saturated carbocycles. The first-order valence-corrected chi connectivity index (χ1v) is 6.60. The van der Waals surface area contributed by atoms with Crippen LogP contribution in [0.5, 0.6) is 0 Å². The quantitative estimate of drug-likeness (QED) is 0.767. The molecule has 18 heavy (non-hydrogen) atoms. The van der Waals surface area contributed by atoms with Crippen LogP contribution in [-0.2, 0) is 0 Å². The number of benzene rings is 1. The van der Waals surface area contributed by atoms with E-state index in [1.807, 2.05) is 37.4 Å². The van der Waals surface area contributed by atoms with E-state index in [1.165, 1.54) is 11.3 Å². The normalized spacial score (nSPS) is 13.1. The van der Waals surface area contributed by atoms with Crippen molar-refractivity contribution in [1.29, 1.82) is 0 Å². The molecule has 0 fully saturated rings. The summed E-state index contributed by atoms with van der Waals surface area (Å²) >= 11 is 1.53. The molecular formula is C13H13N3OS. The lowest BCUT2D eigenvalue weighted by atomic mass is 10.2. The molecule has 3 rings (SSSR count). The van der Waals surface area contributed by atoms with Crippen LogP contribution in [0.3, 0.4) is 0 Å². The number of aromatic nitrogens is 2. The number of nitrogens with two attached hydrogens (primary N) is 1. The zero-order valence-corrected chi connectivity index (χ0v) is 11.0. The van der Waals surface area contributed by atoms with Gasteiger partial charge in [-0.3, -0.25) is 0 Å². The van der Waals surface area contributed by atoms with Crippen molar-refractivity contribution in [2.24, 2.45) is 5.73 Å². The molecule has 0 spiro atoms. The third kappa shape index (κ3) is 1.81. The fourth-order valence-corrected chi connectivity index (χ4v) is 2.54. The summed E-state index contributed by atoms with van der Waals surface area (Å²) in [4.78, 5) is 8.93. The number of fused-ring (bicyclic) bond motifs is 1. The average molecular weight is 259 g/mol. The molecule has 92 valence electrons. The molecule has 0 amide bonds. The summed E-state index contributed by atoms with van der Waals surface area (Å²) in [7, 11) is 0. The van der Waals surface area contributed by atoms with Crippen LogP contribution in [-0.4, -0.2) is 9.97 Å². The molecule has 1 aromatic carbocycles. The highest BCUT2D eigenvalue weighted by Gasteiger charge is 2.14. The Bertz CT molecular complexity index is 699. The van der Waals surface area contributed by atoms with E-state index in [0.29, 0.717) is 5.89 Å². The topological polar surface area (TPSA) is 64.9 Å². The maximum absolute atomic E-state index is 5.80. The SMILES string of the molecule is Cc1cccc2oc(-c3csc(C(C)N)n3)nc12. The van der Waals surface area contributed by atoms with Gasteiger partial charge in [0.25, 0.3) is 0 Å². The Morgan fingerprint density at radius 2 is 2.17 bits per heavy atom. The molecule has 5 heteroatoms. The molecule has 0 aliphatic heterocycles. The van der Waals surface area contributed by atoms with Crippen LogP contribution in [0.25, 0.3) is 22.7 Å². The van der Waals surface area contributed by atoms with Crippen molar-refractivity contribution in [3.63, 3.8) is 0 Å². The average Bonchev–Trinajstić information content (AvgIpc) is 2.95. The van der Waals surface area contributed by atoms with Gasteiger partial charge < -0.3 is 10.2 Å². The Labute approximate surface area is 108 Å². The van der Waals surface area contributed by atoms with Gasteiger partial charge in [0.1, 0.15) is 16.2 Å². The van der Waals surface area contributed by atoms with Gasteiger partial charge in [-0.2, -0.15) is 0 Å². The first-order chi connectivity index (χ1) is 8.65. The van der Waals surface area contributed by atoms with Crippen LogP contribution in [0, 0.1) is 6.92 Å². The molecule has 2 heterocycles. The number of thiazole rings is 1. The maximum atomic E-state index is 5.80. The van der Waals surface area contributed by atoms with Crippen LogP contribution < -0.4 is 5.73 Å². The second kappa shape index (κ2) is 4.19. The Hall–Kier alpha value is -1.72. The summed E-state index contributed by atoms with van der Waals surface area (Å²) in [6.07, 6.45) is 0. The minimum absolute atomic E-state index is 0.0603. The second-order valence-corrected chi connectivity index (χ2v) is 5.19. The molecule has 4 nitrogen and oxygen atoms in total. The Morgan fingerprint density at radius 3 is 2.83 bits per heavy atom. The van der Waals surface area contributed by atoms with Crippen molar-refractivity contribution in [1.82, 2.24) is 9.97 Å². The number of hydrogen-bond acceptors (Lipinski definition) is 5. The minimum Gasteiger partial charge on any atom is -0.435 e. The number of para-hydroxylation sites is 1. The van der Waals surface area contributed by atoms with Crippen LogP contribution in [0.4, 0.5) is 0 Å². The summed E-state index contributed by atoms with van der Waals surface area (Å²) in [6.45, 7) is 3.93. The summed E-state index contributed by atoms with van der Waals surface area (Å²) in [5.74, 6) is 0.558. The lowest BCUT2D eigenvalue weighted by Gasteiger charge is -1.95. The van der Waals surface area contributed by atoms with Crippen molar-refractivity contribution < 1.29 is 4.42 Å². The van der Waals surface area contributed by atoms with E-state index in [2.05, 4.69) is 9.97 Å². The van der Waals surface area contributed by atoms with Crippen LogP contribution >= 0.6 is 11.3 Å². The van der Waals surface area contributed by atoms with Gasteiger partial charge in [-0.25, -0.2) is 9.97 Å². The van der Waals surface area contributed by atoms with E-state index in [9.17, 15) is 0 Å². The van der Waals surface area contributed by atoms with E-state index in [1.54, 1.807) is 0 Å². The van der Waals surface area contributed by atoms with Gasteiger partial charge in [-0.1, -0.05) is 12.1 Å². The number of oxazole rings is 1. The van der Waals surface area contributed by atoms with Gasteiger partial charge in [0, 0.05) is 5.38 Å². The first kappa shape index (κ1) is 11.4. The summed E-state index contributed by atoms with van der Waals surface area (Å²) in [5.41, 5.74) is 9.34. The van der Waals surface area contributed by atoms with Gasteiger partial charge in [0.15, 0.2) is 5.58 Å². The fraction of sp³-hybridized carbons (Fsp3) is 0.231. The van der Waals surface area contributed by atoms with E-state index >= 15 is 0 Å². The molecule has 0 aliphatic carbocycles. The fourth-order valence-electron chi connectivity index (χ4n) is 1.79. The second-order valence-electron chi connectivity index (χ2n) is 4.30. The van der Waals surface area contributed by atoms with E-state index < -0.39 is 0 Å². The number of rotatable bonds is 2. The minimum atomic E-state index is -0.0603. The van der Waals surface area contributed by atoms with Crippen molar-refractivity contribution in [3.8, 4) is 11.6 Å². The highest BCUT2D eigenvalue weighted by atomic mass is 32.1. The van der Waals surface area contributed by atoms with Gasteiger partial charge in [0.05, 0.1) is 6.04 Å². The number of hydrogen-bond donors (Lipinski definition) is 1. The highest BCUT2D eigenvalue weighted by Crippen LogP contribution is 2.28. The predicted molar refractivity (Wildman–Crippen MR) is 72.5 cm³/mol. The molecule has 3 aromatic rings. The predicted octanol–water partition coefficient (Wildman–Crippen LogP) is 3.28. The molecule has 1 unspecified atom stereocenters. The smallest absolute Gasteiger partial charge is 0.247 e. The van der Waals surface area contributed by atoms with Crippen molar-refractivity contribution in [2.45, 2.75) is 19.9 Å². The van der Waals surface area contributed by atoms with E-state index in [-0.39, 0.29) is 6.04 Å². The van der Waals surface area contributed by atoms with Crippen molar-refractivity contribution in [2.75, 3.05) is 0 Å². The van der Waals surface area contributed by atoms with Gasteiger partial charge in [-0.05, 0) is 25.5 Å². The van der Waals surface area contributed by atoms with Crippen LogP contribution in [0.15, 0.2) is 28.0 Å². The van der Waals surface area contributed by atoms with Crippen molar-refractivity contribution in [3.05, 3.63) is 34.2 Å². The van der Waals surface area contributed by atoms with E-state index in [0.717, 1.165) is 27.4 Å². The maximum Gasteiger partial charge on any atom is 0.247 e. The molecule has 1 atom stereocenters. The Balaban J connectivity index is 2.10. The standard InChI is InChI=1S/C13H13N3OS/c1-7-4-3-5-10-11(7)16-12(17-10)9-6-18-13(15-9)8(2)14/h3-6,8H,14H2,1-2H3. The molecule has 0 saturated heterocycles. The summed E-state index contributed by atoms with van der Waals surface area (Å²) < 4.78 is 5.72. The first-order valence-electron chi connectivity index (χ1n) is 5.72.